The molecule has 0 aromatic heterocycles. The van der Waals surface area contributed by atoms with Crippen LogP contribution in [0.4, 0.5) is 0 Å². The van der Waals surface area contributed by atoms with Gasteiger partial charge in [-0.1, -0.05) is 0 Å². The smallest absolute Gasteiger partial charge is 0.0720 e. The monoisotopic (exact) mass is 148 g/mol. The Hall–Kier alpha value is -0.240. The Labute approximate surface area is 60.8 Å². The molecule has 0 unspecified atom stereocenters. The molecule has 6 heteroatoms. The van der Waals surface area contributed by atoms with Gasteiger partial charge in [-0.25, -0.2) is 10.9 Å². The quantitative estimate of drug-likeness (QED) is 0.101. The lowest BCUT2D eigenvalue weighted by atomic mass is 10.7. The summed E-state index contributed by atoms with van der Waals surface area (Å²) in [5.41, 5.74) is 14.0. The van der Waals surface area contributed by atoms with Gasteiger partial charge in [-0.15, -0.1) is 0 Å². The van der Waals surface area contributed by atoms with E-state index in [0.717, 1.165) is 13.1 Å². The highest BCUT2D eigenvalue weighted by molar-refractivity contribution is 4.40. The Morgan fingerprint density at radius 2 is 1.90 bits per heavy atom. The second-order valence-corrected chi connectivity index (χ2v) is 1.66. The van der Waals surface area contributed by atoms with E-state index in [1.54, 1.807) is 0 Å². The summed E-state index contributed by atoms with van der Waals surface area (Å²) in [6, 6.07) is 0. The minimum absolute atomic E-state index is 0.668. The molecular formula is C4H16N6. The number of nitrogens with two attached hydrogens (primary N) is 1. The molecule has 0 aliphatic heterocycles. The molecule has 0 aliphatic rings. The van der Waals surface area contributed by atoms with Crippen LogP contribution in [0.15, 0.2) is 0 Å². The summed E-state index contributed by atoms with van der Waals surface area (Å²) in [4.78, 5) is 0. The van der Waals surface area contributed by atoms with Crippen LogP contribution < -0.4 is 33.0 Å². The molecular weight excluding hydrogens is 132 g/mol. The molecule has 0 aromatic carbocycles. The van der Waals surface area contributed by atoms with Crippen LogP contribution in [0.1, 0.15) is 0 Å². The molecule has 0 heterocycles. The Balaban J connectivity index is 2.65. The van der Waals surface area contributed by atoms with Crippen molar-refractivity contribution in [2.45, 2.75) is 0 Å². The van der Waals surface area contributed by atoms with Gasteiger partial charge < -0.3 is 0 Å². The second-order valence-electron chi connectivity index (χ2n) is 1.66. The Kier molecular flexibility index (Phi) is 8.55. The maximum atomic E-state index is 5.02. The van der Waals surface area contributed by atoms with E-state index in [-0.39, 0.29) is 0 Å². The second kappa shape index (κ2) is 8.76. The van der Waals surface area contributed by atoms with Crippen LogP contribution in [0.5, 0.6) is 0 Å². The molecule has 0 bridgehead atoms. The zero-order valence-corrected chi connectivity index (χ0v) is 6.20. The summed E-state index contributed by atoms with van der Waals surface area (Å²) in [6.07, 6.45) is 0. The van der Waals surface area contributed by atoms with Crippen LogP contribution in [0.3, 0.4) is 0 Å². The van der Waals surface area contributed by atoms with Gasteiger partial charge in [0.15, 0.2) is 0 Å². The highest BCUT2D eigenvalue weighted by Crippen LogP contribution is 1.47. The minimum Gasteiger partial charge on any atom is -0.271 e. The van der Waals surface area contributed by atoms with Crippen LogP contribution in [0.2, 0.25) is 0 Å². The van der Waals surface area contributed by atoms with E-state index in [2.05, 4.69) is 27.1 Å². The van der Waals surface area contributed by atoms with Crippen LogP contribution >= 0.6 is 0 Å². The summed E-state index contributed by atoms with van der Waals surface area (Å²) in [5, 5.41) is 0. The van der Waals surface area contributed by atoms with Crippen molar-refractivity contribution in [1.82, 2.24) is 27.1 Å². The molecule has 6 nitrogen and oxygen atoms in total. The summed E-state index contributed by atoms with van der Waals surface area (Å²) >= 11 is 0. The van der Waals surface area contributed by atoms with Gasteiger partial charge in [-0.2, -0.15) is 0 Å². The molecule has 0 aliphatic carbocycles. The maximum absolute atomic E-state index is 5.02. The van der Waals surface area contributed by atoms with Crippen LogP contribution in [-0.4, -0.2) is 26.8 Å². The number of nitrogens with one attached hydrogen (secondary N) is 5. The van der Waals surface area contributed by atoms with Crippen molar-refractivity contribution < 1.29 is 0 Å². The molecule has 0 spiro atoms. The first-order valence-corrected chi connectivity index (χ1v) is 3.20. The highest BCUT2D eigenvalue weighted by atomic mass is 15.5. The molecule has 0 saturated heterocycles. The number of hydrazine groups is 3. The van der Waals surface area contributed by atoms with Crippen molar-refractivity contribution in [1.29, 1.82) is 0 Å². The molecule has 0 fully saturated rings. The number of hydrogen-bond acceptors (Lipinski definition) is 6. The molecule has 0 saturated carbocycles. The number of rotatable bonds is 7. The van der Waals surface area contributed by atoms with Crippen molar-refractivity contribution in [3.63, 3.8) is 0 Å². The van der Waals surface area contributed by atoms with E-state index in [0.29, 0.717) is 6.67 Å². The van der Waals surface area contributed by atoms with E-state index in [1.165, 1.54) is 0 Å². The van der Waals surface area contributed by atoms with E-state index < -0.39 is 0 Å². The highest BCUT2D eigenvalue weighted by Gasteiger charge is 1.81. The standard InChI is InChI=1S/C4H16N6/c1-6-9-4-10-8-3-2-7-5/h6-10H,2-5H2,1H3. The van der Waals surface area contributed by atoms with Crippen molar-refractivity contribution in [2.24, 2.45) is 5.84 Å². The fourth-order valence-electron chi connectivity index (χ4n) is 0.418. The molecule has 62 valence electrons. The summed E-state index contributed by atoms with van der Waals surface area (Å²) in [7, 11) is 1.81. The van der Waals surface area contributed by atoms with E-state index in [4.69, 9.17) is 5.84 Å². The Bertz CT molecular complexity index is 49.7. The lowest BCUT2D eigenvalue weighted by Crippen LogP contribution is -2.45. The zero-order chi connectivity index (χ0) is 7.66. The fraction of sp³-hybridized carbons (Fsp3) is 1.00. The lowest BCUT2D eigenvalue weighted by molar-refractivity contribution is 0.454. The van der Waals surface area contributed by atoms with Crippen molar-refractivity contribution in [3.8, 4) is 0 Å². The van der Waals surface area contributed by atoms with Gasteiger partial charge in [0.05, 0.1) is 6.67 Å². The summed E-state index contributed by atoms with van der Waals surface area (Å²) in [6.45, 7) is 2.20. The van der Waals surface area contributed by atoms with Crippen LogP contribution in [-0.2, 0) is 0 Å². The van der Waals surface area contributed by atoms with Gasteiger partial charge in [0.1, 0.15) is 0 Å². The molecule has 0 rings (SSSR count). The van der Waals surface area contributed by atoms with E-state index >= 15 is 0 Å². The third-order valence-corrected chi connectivity index (χ3v) is 0.873. The largest absolute Gasteiger partial charge is 0.271 e. The predicted molar refractivity (Wildman–Crippen MR) is 40.4 cm³/mol. The molecule has 7 N–H and O–H groups in total. The first-order valence-electron chi connectivity index (χ1n) is 3.20. The van der Waals surface area contributed by atoms with Gasteiger partial charge in [0.25, 0.3) is 0 Å². The molecule has 0 amide bonds. The fourth-order valence-corrected chi connectivity index (χ4v) is 0.418. The van der Waals surface area contributed by atoms with Gasteiger partial charge in [-0.05, 0) is 7.05 Å². The summed E-state index contributed by atoms with van der Waals surface area (Å²) in [5.74, 6) is 5.02. The number of hydrogen-bond donors (Lipinski definition) is 6. The topological polar surface area (TPSA) is 86.2 Å². The van der Waals surface area contributed by atoms with Gasteiger partial charge in [0, 0.05) is 13.1 Å². The molecule has 10 heavy (non-hydrogen) atoms. The average Bonchev–Trinajstić information content (AvgIpc) is 1.97. The maximum Gasteiger partial charge on any atom is 0.0720 e. The first-order chi connectivity index (χ1) is 4.91. The van der Waals surface area contributed by atoms with Gasteiger partial charge in [-0.3, -0.25) is 22.1 Å². The molecule has 0 atom stereocenters. The van der Waals surface area contributed by atoms with E-state index in [9.17, 15) is 0 Å². The third-order valence-electron chi connectivity index (χ3n) is 0.873. The lowest BCUT2D eigenvalue weighted by Gasteiger charge is -2.06. The minimum atomic E-state index is 0.668. The zero-order valence-electron chi connectivity index (χ0n) is 6.20. The Morgan fingerprint density at radius 3 is 2.50 bits per heavy atom. The van der Waals surface area contributed by atoms with E-state index in [1.807, 2.05) is 7.05 Å². The van der Waals surface area contributed by atoms with Gasteiger partial charge >= 0.3 is 0 Å². The average molecular weight is 148 g/mol. The van der Waals surface area contributed by atoms with Crippen LogP contribution in [0, 0.1) is 0 Å². The first kappa shape index (κ1) is 9.76. The van der Waals surface area contributed by atoms with Crippen molar-refractivity contribution in [3.05, 3.63) is 0 Å². The van der Waals surface area contributed by atoms with Gasteiger partial charge in [0.2, 0.25) is 0 Å². The van der Waals surface area contributed by atoms with Crippen molar-refractivity contribution >= 4 is 0 Å². The Morgan fingerprint density at radius 1 is 1.10 bits per heavy atom. The molecule has 0 radical (unpaired) electrons. The predicted octanol–water partition coefficient (Wildman–Crippen LogP) is -2.77. The summed E-state index contributed by atoms with van der Waals surface area (Å²) < 4.78 is 0. The normalized spacial score (nSPS) is 10.2. The molecule has 0 aromatic rings. The third kappa shape index (κ3) is 7.76. The SMILES string of the molecule is CNNCNNCCNN. The van der Waals surface area contributed by atoms with Crippen molar-refractivity contribution in [2.75, 3.05) is 26.8 Å². The van der Waals surface area contributed by atoms with Crippen LogP contribution in [0.25, 0.3) is 0 Å².